The lowest BCUT2D eigenvalue weighted by molar-refractivity contribution is -0.137. The Bertz CT molecular complexity index is 475. The first-order valence-electron chi connectivity index (χ1n) is 7.51. The molecule has 0 aliphatic carbocycles. The fourth-order valence-corrected chi connectivity index (χ4v) is 2.16. The zero-order chi connectivity index (χ0) is 16.6. The molecule has 3 N–H and O–H groups in total. The molecule has 1 aromatic carbocycles. The predicted octanol–water partition coefficient (Wildman–Crippen LogP) is 3.79. The molecule has 0 saturated carbocycles. The summed E-state index contributed by atoms with van der Waals surface area (Å²) in [6.07, 6.45) is -0.352. The Kier molecular flexibility index (Phi) is 7.38. The maximum absolute atomic E-state index is 12.7. The van der Waals surface area contributed by atoms with E-state index in [1.54, 1.807) is 13.0 Å². The van der Waals surface area contributed by atoms with Crippen molar-refractivity contribution in [2.24, 2.45) is 5.73 Å². The highest BCUT2D eigenvalue weighted by Gasteiger charge is 2.30. The molecule has 0 heterocycles. The highest BCUT2D eigenvalue weighted by molar-refractivity contribution is 5.76. The third kappa shape index (κ3) is 6.47. The largest absolute Gasteiger partial charge is 0.416 e. The molecule has 1 amide bonds. The van der Waals surface area contributed by atoms with E-state index in [1.165, 1.54) is 6.07 Å². The minimum absolute atomic E-state index is 0.141. The zero-order valence-corrected chi connectivity index (χ0v) is 12.7. The highest BCUT2D eigenvalue weighted by atomic mass is 19.4. The van der Waals surface area contributed by atoms with Crippen molar-refractivity contribution in [3.05, 3.63) is 35.4 Å². The van der Waals surface area contributed by atoms with Crippen LogP contribution >= 0.6 is 0 Å². The first-order valence-corrected chi connectivity index (χ1v) is 7.51. The Labute approximate surface area is 129 Å². The quantitative estimate of drug-likeness (QED) is 0.717. The summed E-state index contributed by atoms with van der Waals surface area (Å²) in [6, 6.07) is 4.59. The third-order valence-electron chi connectivity index (χ3n) is 3.45. The molecule has 22 heavy (non-hydrogen) atoms. The van der Waals surface area contributed by atoms with Crippen LogP contribution in [0.5, 0.6) is 0 Å². The summed E-state index contributed by atoms with van der Waals surface area (Å²) < 4.78 is 38.0. The molecule has 0 spiro atoms. The maximum atomic E-state index is 12.7. The molecule has 0 aliphatic heterocycles. The van der Waals surface area contributed by atoms with Crippen molar-refractivity contribution < 1.29 is 18.0 Å². The molecule has 0 aromatic heterocycles. The van der Waals surface area contributed by atoms with Crippen LogP contribution in [0.1, 0.15) is 56.2 Å². The van der Waals surface area contributed by atoms with Gasteiger partial charge in [-0.15, -0.1) is 0 Å². The van der Waals surface area contributed by atoms with Gasteiger partial charge in [0.2, 0.25) is 5.91 Å². The molecule has 0 bridgehead atoms. The molecule has 6 heteroatoms. The molecule has 0 aliphatic rings. The number of hydrogen-bond donors (Lipinski definition) is 2. The minimum atomic E-state index is -4.37. The monoisotopic (exact) mass is 316 g/mol. The Morgan fingerprint density at radius 1 is 1.23 bits per heavy atom. The van der Waals surface area contributed by atoms with Crippen LogP contribution in [0.15, 0.2) is 24.3 Å². The molecule has 124 valence electrons. The van der Waals surface area contributed by atoms with Crippen LogP contribution in [0.25, 0.3) is 0 Å². The summed E-state index contributed by atoms with van der Waals surface area (Å²) >= 11 is 0. The SMILES string of the molecule is CC(NC(=O)CCCCCCN)c1cccc(C(F)(F)F)c1. The van der Waals surface area contributed by atoms with Crippen LogP contribution in [0, 0.1) is 0 Å². The molecule has 1 atom stereocenters. The average molecular weight is 316 g/mol. The van der Waals surface area contributed by atoms with Gasteiger partial charge < -0.3 is 11.1 Å². The number of nitrogens with one attached hydrogen (secondary N) is 1. The van der Waals surface area contributed by atoms with Crippen LogP contribution < -0.4 is 11.1 Å². The van der Waals surface area contributed by atoms with Crippen LogP contribution in [0.4, 0.5) is 13.2 Å². The maximum Gasteiger partial charge on any atom is 0.416 e. The Hall–Kier alpha value is -1.56. The highest BCUT2D eigenvalue weighted by Crippen LogP contribution is 2.30. The fraction of sp³-hybridized carbons (Fsp3) is 0.562. The number of halogens is 3. The van der Waals surface area contributed by atoms with Gasteiger partial charge in [-0.05, 0) is 44.0 Å². The van der Waals surface area contributed by atoms with Gasteiger partial charge in [-0.25, -0.2) is 0 Å². The van der Waals surface area contributed by atoms with E-state index in [4.69, 9.17) is 5.73 Å². The number of unbranched alkanes of at least 4 members (excludes halogenated alkanes) is 3. The van der Waals surface area contributed by atoms with Gasteiger partial charge in [0.1, 0.15) is 0 Å². The summed E-state index contributed by atoms with van der Waals surface area (Å²) in [4.78, 5) is 11.8. The standard InChI is InChI=1S/C16H23F3N2O/c1-12(21-15(22)9-4-2-3-5-10-20)13-7-6-8-14(11-13)16(17,18)19/h6-8,11-12H,2-5,9-10,20H2,1H3,(H,21,22). The van der Waals surface area contributed by atoms with Gasteiger partial charge in [0.25, 0.3) is 0 Å². The smallest absolute Gasteiger partial charge is 0.350 e. The lowest BCUT2D eigenvalue weighted by Crippen LogP contribution is -2.26. The van der Waals surface area contributed by atoms with Crippen molar-refractivity contribution >= 4 is 5.91 Å². The number of alkyl halides is 3. The van der Waals surface area contributed by atoms with Crippen LogP contribution in [-0.2, 0) is 11.0 Å². The van der Waals surface area contributed by atoms with E-state index >= 15 is 0 Å². The van der Waals surface area contributed by atoms with E-state index in [0.29, 0.717) is 18.5 Å². The molecule has 1 unspecified atom stereocenters. The lowest BCUT2D eigenvalue weighted by atomic mass is 10.0. The first kappa shape index (κ1) is 18.5. The number of amides is 1. The second-order valence-corrected chi connectivity index (χ2v) is 5.37. The van der Waals surface area contributed by atoms with E-state index in [2.05, 4.69) is 5.32 Å². The lowest BCUT2D eigenvalue weighted by Gasteiger charge is -2.16. The van der Waals surface area contributed by atoms with Crippen LogP contribution in [0.2, 0.25) is 0 Å². The van der Waals surface area contributed by atoms with E-state index in [1.807, 2.05) is 0 Å². The average Bonchev–Trinajstić information content (AvgIpc) is 2.46. The van der Waals surface area contributed by atoms with E-state index < -0.39 is 17.8 Å². The number of benzene rings is 1. The van der Waals surface area contributed by atoms with Crippen molar-refractivity contribution in [3.8, 4) is 0 Å². The van der Waals surface area contributed by atoms with Gasteiger partial charge in [-0.1, -0.05) is 25.0 Å². The van der Waals surface area contributed by atoms with E-state index in [9.17, 15) is 18.0 Å². The van der Waals surface area contributed by atoms with Crippen LogP contribution in [0.3, 0.4) is 0 Å². The number of hydrogen-bond acceptors (Lipinski definition) is 2. The summed E-state index contributed by atoms with van der Waals surface area (Å²) in [5.74, 6) is -0.141. The van der Waals surface area contributed by atoms with Gasteiger partial charge in [0.05, 0.1) is 11.6 Å². The Balaban J connectivity index is 2.47. The van der Waals surface area contributed by atoms with E-state index in [0.717, 1.165) is 37.8 Å². The summed E-state index contributed by atoms with van der Waals surface area (Å²) in [7, 11) is 0. The van der Waals surface area contributed by atoms with Crippen molar-refractivity contribution in [1.82, 2.24) is 5.32 Å². The predicted molar refractivity (Wildman–Crippen MR) is 80.1 cm³/mol. The fourth-order valence-electron chi connectivity index (χ4n) is 2.16. The summed E-state index contributed by atoms with van der Waals surface area (Å²) in [5, 5.41) is 2.73. The molecular weight excluding hydrogens is 293 g/mol. The number of rotatable bonds is 8. The normalized spacial score (nSPS) is 13.0. The molecule has 1 rings (SSSR count). The molecule has 0 fully saturated rings. The second-order valence-electron chi connectivity index (χ2n) is 5.37. The van der Waals surface area contributed by atoms with Crippen molar-refractivity contribution in [2.75, 3.05) is 6.54 Å². The van der Waals surface area contributed by atoms with Crippen molar-refractivity contribution in [3.63, 3.8) is 0 Å². The van der Waals surface area contributed by atoms with Crippen LogP contribution in [-0.4, -0.2) is 12.5 Å². The van der Waals surface area contributed by atoms with Gasteiger partial charge in [0.15, 0.2) is 0 Å². The summed E-state index contributed by atoms with van der Waals surface area (Å²) in [5.41, 5.74) is 5.13. The second kappa shape index (κ2) is 8.78. The number of nitrogens with two attached hydrogens (primary N) is 1. The third-order valence-corrected chi connectivity index (χ3v) is 3.45. The first-order chi connectivity index (χ1) is 10.3. The number of carbonyl (C=O) groups is 1. The zero-order valence-electron chi connectivity index (χ0n) is 12.7. The van der Waals surface area contributed by atoms with E-state index in [-0.39, 0.29) is 5.91 Å². The topological polar surface area (TPSA) is 55.1 Å². The molecule has 0 radical (unpaired) electrons. The molecule has 1 aromatic rings. The van der Waals surface area contributed by atoms with Gasteiger partial charge >= 0.3 is 6.18 Å². The molecular formula is C16H23F3N2O. The minimum Gasteiger partial charge on any atom is -0.350 e. The molecule has 3 nitrogen and oxygen atoms in total. The molecule has 0 saturated heterocycles. The summed E-state index contributed by atoms with van der Waals surface area (Å²) in [6.45, 7) is 2.33. The Morgan fingerprint density at radius 2 is 1.91 bits per heavy atom. The van der Waals surface area contributed by atoms with Crippen molar-refractivity contribution in [1.29, 1.82) is 0 Å². The Morgan fingerprint density at radius 3 is 2.55 bits per heavy atom. The van der Waals surface area contributed by atoms with Gasteiger partial charge in [0, 0.05) is 6.42 Å². The number of carbonyl (C=O) groups excluding carboxylic acids is 1. The van der Waals surface area contributed by atoms with Gasteiger partial charge in [-0.3, -0.25) is 4.79 Å². The van der Waals surface area contributed by atoms with Crippen molar-refractivity contribution in [2.45, 2.75) is 51.2 Å². The van der Waals surface area contributed by atoms with Gasteiger partial charge in [-0.2, -0.15) is 13.2 Å².